The molecule has 6 heteroatoms. The van der Waals surface area contributed by atoms with Gasteiger partial charge in [0.2, 0.25) is 5.91 Å². The first-order valence-electron chi connectivity index (χ1n) is 9.04. The summed E-state index contributed by atoms with van der Waals surface area (Å²) in [7, 11) is 0. The minimum absolute atomic E-state index is 0.0931. The average Bonchev–Trinajstić information content (AvgIpc) is 2.55. The minimum Gasteiger partial charge on any atom is -0.450 e. The van der Waals surface area contributed by atoms with Gasteiger partial charge >= 0.3 is 6.09 Å². The van der Waals surface area contributed by atoms with Gasteiger partial charge in [0.1, 0.15) is 0 Å². The lowest BCUT2D eigenvalue weighted by Crippen LogP contribution is -2.54. The van der Waals surface area contributed by atoms with Crippen LogP contribution in [0.3, 0.4) is 0 Å². The van der Waals surface area contributed by atoms with Gasteiger partial charge in [-0.3, -0.25) is 4.79 Å². The zero-order valence-corrected chi connectivity index (χ0v) is 15.3. The number of likely N-dealkylation sites (tertiary alicyclic amines) is 1. The van der Waals surface area contributed by atoms with Crippen LogP contribution in [0.15, 0.2) is 24.3 Å². The number of amides is 2. The first kappa shape index (κ1) is 18.1. The zero-order chi connectivity index (χ0) is 17.9. The number of rotatable bonds is 4. The molecule has 1 aliphatic carbocycles. The lowest BCUT2D eigenvalue weighted by molar-refractivity contribution is -0.131. The third-order valence-electron chi connectivity index (χ3n) is 5.38. The maximum Gasteiger partial charge on any atom is 0.409 e. The van der Waals surface area contributed by atoms with Crippen molar-refractivity contribution in [1.82, 2.24) is 10.2 Å². The van der Waals surface area contributed by atoms with Crippen LogP contribution in [0, 0.1) is 0 Å². The highest BCUT2D eigenvalue weighted by Gasteiger charge is 2.46. The van der Waals surface area contributed by atoms with Gasteiger partial charge in [-0.25, -0.2) is 4.79 Å². The van der Waals surface area contributed by atoms with Crippen molar-refractivity contribution in [2.45, 2.75) is 50.5 Å². The van der Waals surface area contributed by atoms with Crippen molar-refractivity contribution in [3.8, 4) is 0 Å². The van der Waals surface area contributed by atoms with Crippen LogP contribution in [-0.4, -0.2) is 42.6 Å². The van der Waals surface area contributed by atoms with E-state index in [0.717, 1.165) is 37.7 Å². The van der Waals surface area contributed by atoms with Crippen molar-refractivity contribution in [2.24, 2.45) is 0 Å². The summed E-state index contributed by atoms with van der Waals surface area (Å²) in [5, 5.41) is 3.88. The smallest absolute Gasteiger partial charge is 0.409 e. The molecule has 2 amide bonds. The fourth-order valence-electron chi connectivity index (χ4n) is 3.71. The average molecular weight is 365 g/mol. The van der Waals surface area contributed by atoms with Crippen molar-refractivity contribution in [1.29, 1.82) is 0 Å². The summed E-state index contributed by atoms with van der Waals surface area (Å²) in [6.45, 7) is 3.43. The molecule has 1 heterocycles. The number of hydrogen-bond acceptors (Lipinski definition) is 3. The van der Waals surface area contributed by atoms with Gasteiger partial charge in [-0.15, -0.1) is 0 Å². The van der Waals surface area contributed by atoms with Crippen LogP contribution in [0.1, 0.15) is 44.6 Å². The van der Waals surface area contributed by atoms with Gasteiger partial charge in [0.05, 0.1) is 12.0 Å². The van der Waals surface area contributed by atoms with Gasteiger partial charge in [0.25, 0.3) is 0 Å². The number of piperidine rings is 1. The van der Waals surface area contributed by atoms with Crippen molar-refractivity contribution in [3.05, 3.63) is 34.9 Å². The molecule has 0 spiro atoms. The molecule has 1 N–H and O–H groups in total. The van der Waals surface area contributed by atoms with E-state index in [9.17, 15) is 9.59 Å². The molecule has 25 heavy (non-hydrogen) atoms. The Balaban J connectivity index is 1.60. The second-order valence-corrected chi connectivity index (χ2v) is 7.32. The monoisotopic (exact) mass is 364 g/mol. The van der Waals surface area contributed by atoms with Gasteiger partial charge in [-0.1, -0.05) is 30.2 Å². The van der Waals surface area contributed by atoms with Crippen LogP contribution in [0.5, 0.6) is 0 Å². The van der Waals surface area contributed by atoms with E-state index in [0.29, 0.717) is 24.7 Å². The molecule has 3 rings (SSSR count). The van der Waals surface area contributed by atoms with Crippen LogP contribution >= 0.6 is 11.6 Å². The molecule has 1 aromatic carbocycles. The van der Waals surface area contributed by atoms with E-state index in [4.69, 9.17) is 16.3 Å². The number of nitrogens with one attached hydrogen (secondary N) is 1. The fraction of sp³-hybridized carbons (Fsp3) is 0.579. The first-order chi connectivity index (χ1) is 12.0. The molecule has 1 aromatic rings. The second-order valence-electron chi connectivity index (χ2n) is 6.88. The molecule has 0 radical (unpaired) electrons. The maximum absolute atomic E-state index is 13.0. The fourth-order valence-corrected chi connectivity index (χ4v) is 3.90. The van der Waals surface area contributed by atoms with E-state index in [2.05, 4.69) is 5.32 Å². The third-order valence-corrected chi connectivity index (χ3v) is 5.61. The van der Waals surface area contributed by atoms with Gasteiger partial charge < -0.3 is 15.0 Å². The van der Waals surface area contributed by atoms with E-state index < -0.39 is 5.41 Å². The van der Waals surface area contributed by atoms with Crippen molar-refractivity contribution >= 4 is 23.6 Å². The summed E-state index contributed by atoms with van der Waals surface area (Å²) < 4.78 is 5.03. The molecular weight excluding hydrogens is 340 g/mol. The van der Waals surface area contributed by atoms with Crippen LogP contribution in [0.4, 0.5) is 4.79 Å². The zero-order valence-electron chi connectivity index (χ0n) is 14.6. The summed E-state index contributed by atoms with van der Waals surface area (Å²) in [4.78, 5) is 26.5. The Morgan fingerprint density at radius 3 is 2.60 bits per heavy atom. The Morgan fingerprint density at radius 1 is 1.32 bits per heavy atom. The van der Waals surface area contributed by atoms with E-state index in [1.807, 2.05) is 24.3 Å². The Labute approximate surface area is 153 Å². The molecule has 1 aliphatic heterocycles. The minimum atomic E-state index is -0.441. The molecule has 1 saturated carbocycles. The standard InChI is InChI=1S/C19H25ClN2O3/c1-2-25-18(24)22-11-7-16(8-12-22)21-17(23)19(9-4-10-19)14-5-3-6-15(20)13-14/h3,5-6,13,16H,2,4,7-12H2,1H3,(H,21,23). The number of benzene rings is 1. The number of carbonyl (C=O) groups excluding carboxylic acids is 2. The van der Waals surface area contributed by atoms with Gasteiger partial charge in [0, 0.05) is 24.2 Å². The van der Waals surface area contributed by atoms with Crippen molar-refractivity contribution in [2.75, 3.05) is 19.7 Å². The molecule has 1 saturated heterocycles. The number of nitrogens with zero attached hydrogens (tertiary/aromatic N) is 1. The van der Waals surface area contributed by atoms with E-state index in [-0.39, 0.29) is 18.0 Å². The van der Waals surface area contributed by atoms with Crippen LogP contribution in [0.25, 0.3) is 0 Å². The summed E-state index contributed by atoms with van der Waals surface area (Å²) in [5.41, 5.74) is 0.566. The van der Waals surface area contributed by atoms with Crippen LogP contribution in [-0.2, 0) is 14.9 Å². The summed E-state index contributed by atoms with van der Waals surface area (Å²) in [6.07, 6.45) is 4.04. The third kappa shape index (κ3) is 3.76. The van der Waals surface area contributed by atoms with Crippen molar-refractivity contribution in [3.63, 3.8) is 0 Å². The topological polar surface area (TPSA) is 58.6 Å². The lowest BCUT2D eigenvalue weighted by atomic mass is 9.63. The quantitative estimate of drug-likeness (QED) is 0.889. The summed E-state index contributed by atoms with van der Waals surface area (Å²) >= 11 is 6.12. The highest BCUT2D eigenvalue weighted by molar-refractivity contribution is 6.30. The highest BCUT2D eigenvalue weighted by atomic mass is 35.5. The van der Waals surface area contributed by atoms with Gasteiger partial charge in [-0.05, 0) is 50.3 Å². The lowest BCUT2D eigenvalue weighted by Gasteiger charge is -2.42. The largest absolute Gasteiger partial charge is 0.450 e. The SMILES string of the molecule is CCOC(=O)N1CCC(NC(=O)C2(c3cccc(Cl)c3)CCC2)CC1. The molecule has 2 aliphatic rings. The number of carbonyl (C=O) groups is 2. The van der Waals surface area contributed by atoms with E-state index in [1.165, 1.54) is 0 Å². The Morgan fingerprint density at radius 2 is 2.04 bits per heavy atom. The summed E-state index contributed by atoms with van der Waals surface area (Å²) in [6, 6.07) is 7.75. The summed E-state index contributed by atoms with van der Waals surface area (Å²) in [5.74, 6) is 0.0931. The molecule has 0 unspecified atom stereocenters. The molecule has 2 fully saturated rings. The van der Waals surface area contributed by atoms with E-state index in [1.54, 1.807) is 11.8 Å². The predicted octanol–water partition coefficient (Wildman–Crippen LogP) is 3.50. The number of halogens is 1. The highest BCUT2D eigenvalue weighted by Crippen LogP contribution is 2.44. The number of hydrogen-bond donors (Lipinski definition) is 1. The maximum atomic E-state index is 13.0. The number of ether oxygens (including phenoxy) is 1. The predicted molar refractivity (Wildman–Crippen MR) is 96.7 cm³/mol. The molecular formula is C19H25ClN2O3. The normalized spacial score (nSPS) is 19.8. The second kappa shape index (κ2) is 7.65. The molecule has 136 valence electrons. The van der Waals surface area contributed by atoms with Gasteiger partial charge in [0.15, 0.2) is 0 Å². The van der Waals surface area contributed by atoms with Crippen LogP contribution < -0.4 is 5.32 Å². The molecule has 5 nitrogen and oxygen atoms in total. The molecule has 0 aromatic heterocycles. The van der Waals surface area contributed by atoms with Gasteiger partial charge in [-0.2, -0.15) is 0 Å². The Kier molecular flexibility index (Phi) is 5.52. The van der Waals surface area contributed by atoms with Crippen LogP contribution in [0.2, 0.25) is 5.02 Å². The van der Waals surface area contributed by atoms with Crippen molar-refractivity contribution < 1.29 is 14.3 Å². The Bertz CT molecular complexity index is 637. The Hall–Kier alpha value is -1.75. The molecule has 0 bridgehead atoms. The first-order valence-corrected chi connectivity index (χ1v) is 9.41. The van der Waals surface area contributed by atoms with E-state index >= 15 is 0 Å². The molecule has 0 atom stereocenters.